The summed E-state index contributed by atoms with van der Waals surface area (Å²) < 4.78 is 156. The zero-order valence-electron chi connectivity index (χ0n) is 20.9. The van der Waals surface area contributed by atoms with Crippen LogP contribution in [0.1, 0.15) is 6.42 Å². The van der Waals surface area contributed by atoms with Gasteiger partial charge < -0.3 is 24.5 Å². The van der Waals surface area contributed by atoms with Gasteiger partial charge in [-0.15, -0.1) is 0 Å². The average Bonchev–Trinajstić information content (AvgIpc) is 3.35. The van der Waals surface area contributed by atoms with E-state index in [4.69, 9.17) is 9.47 Å². The van der Waals surface area contributed by atoms with Gasteiger partial charge in [-0.3, -0.25) is 4.57 Å². The number of nitro groups is 1. The Balaban J connectivity index is 1.33. The molecule has 4 rings (SSSR count). The van der Waals surface area contributed by atoms with Crippen LogP contribution in [0.15, 0.2) is 30.5 Å². The van der Waals surface area contributed by atoms with Gasteiger partial charge in [0.15, 0.2) is 0 Å². The number of alkyl halides is 9. The standard InChI is InChI=1S/C21H20F9N5O6S/c22-18(23,20(26,27)28)19(24,25)21(29,30)42(38,39)34-9-7-32(8-10-34)13-1-3-14(4-2-13)40-12-15-5-6-33-11-16(35(36)37)31-17(33)41-15/h1-4,11,15H,5-10,12H2. The number of aryl methyl sites for hydroxylation is 1. The number of piperazine rings is 1. The molecule has 2 aliphatic heterocycles. The molecule has 0 spiro atoms. The molecule has 2 aliphatic rings. The maximum absolute atomic E-state index is 14.1. The summed E-state index contributed by atoms with van der Waals surface area (Å²) in [5.41, 5.74) is 0.406. The highest BCUT2D eigenvalue weighted by atomic mass is 32.2. The molecule has 1 saturated heterocycles. The highest BCUT2D eigenvalue weighted by Crippen LogP contribution is 2.55. The van der Waals surface area contributed by atoms with Gasteiger partial charge in [0.05, 0.1) is 0 Å². The number of nitrogens with zero attached hydrogens (tertiary/aromatic N) is 5. The summed E-state index contributed by atoms with van der Waals surface area (Å²) in [7, 11) is -6.64. The lowest BCUT2D eigenvalue weighted by Crippen LogP contribution is -2.66. The minimum Gasteiger partial charge on any atom is -0.490 e. The van der Waals surface area contributed by atoms with Crippen molar-refractivity contribution in [3.05, 3.63) is 40.6 Å². The molecule has 0 radical (unpaired) electrons. The number of ether oxygens (including phenoxy) is 2. The Bertz CT molecular complexity index is 1410. The van der Waals surface area contributed by atoms with E-state index < -0.39 is 57.4 Å². The van der Waals surface area contributed by atoms with E-state index in [0.717, 1.165) is 0 Å². The Morgan fingerprint density at radius 3 is 2.10 bits per heavy atom. The van der Waals surface area contributed by atoms with Crippen molar-refractivity contribution in [3.63, 3.8) is 0 Å². The SMILES string of the molecule is O=[N+]([O-])c1cn2c(n1)OC(COc1ccc(N3CCN(S(=O)(=O)C(F)(F)C(F)(F)C(F)(F)C(F)(F)F)CC3)cc1)CC2. The summed E-state index contributed by atoms with van der Waals surface area (Å²) in [6, 6.07) is 6.02. The molecule has 42 heavy (non-hydrogen) atoms. The van der Waals surface area contributed by atoms with Crippen molar-refractivity contribution in [3.8, 4) is 11.8 Å². The lowest BCUT2D eigenvalue weighted by Gasteiger charge is -2.39. The number of hydrogen-bond acceptors (Lipinski definition) is 8. The fraction of sp³-hybridized carbons (Fsp3) is 0.571. The van der Waals surface area contributed by atoms with Gasteiger partial charge in [0.2, 0.25) is 0 Å². The first-order valence-corrected chi connectivity index (χ1v) is 13.3. The number of hydrogen-bond donors (Lipinski definition) is 0. The number of imidazole rings is 1. The van der Waals surface area contributed by atoms with E-state index in [-0.39, 0.29) is 35.8 Å². The van der Waals surface area contributed by atoms with E-state index in [2.05, 4.69) is 4.98 Å². The normalized spacial score (nSPS) is 19.3. The van der Waals surface area contributed by atoms with Crippen molar-refractivity contribution in [2.75, 3.05) is 37.7 Å². The van der Waals surface area contributed by atoms with E-state index in [1.807, 2.05) is 0 Å². The minimum absolute atomic E-state index is 0.0444. The molecule has 2 aromatic rings. The van der Waals surface area contributed by atoms with Crippen LogP contribution in [0.2, 0.25) is 0 Å². The first-order valence-electron chi connectivity index (χ1n) is 11.9. The molecule has 234 valence electrons. The number of anilines is 1. The van der Waals surface area contributed by atoms with E-state index in [0.29, 0.717) is 24.4 Å². The Morgan fingerprint density at radius 2 is 1.55 bits per heavy atom. The second-order valence-electron chi connectivity index (χ2n) is 9.22. The fourth-order valence-corrected chi connectivity index (χ4v) is 5.57. The summed E-state index contributed by atoms with van der Waals surface area (Å²) >= 11 is 0. The van der Waals surface area contributed by atoms with Gasteiger partial charge >= 0.3 is 35.1 Å². The third-order valence-corrected chi connectivity index (χ3v) is 8.48. The van der Waals surface area contributed by atoms with Crippen molar-refractivity contribution in [1.29, 1.82) is 0 Å². The van der Waals surface area contributed by atoms with Crippen LogP contribution in [-0.4, -0.2) is 89.4 Å². The van der Waals surface area contributed by atoms with Crippen LogP contribution in [0.25, 0.3) is 0 Å². The van der Waals surface area contributed by atoms with Gasteiger partial charge in [-0.05, 0) is 29.2 Å². The van der Waals surface area contributed by atoms with Crippen LogP contribution in [0.5, 0.6) is 11.8 Å². The van der Waals surface area contributed by atoms with Crippen molar-refractivity contribution < 1.29 is 62.3 Å². The smallest absolute Gasteiger partial charge is 0.460 e. The Kier molecular flexibility index (Phi) is 7.98. The molecule has 11 nitrogen and oxygen atoms in total. The first-order chi connectivity index (χ1) is 19.3. The number of rotatable bonds is 9. The van der Waals surface area contributed by atoms with E-state index in [9.17, 15) is 58.0 Å². The molecule has 1 aromatic heterocycles. The molecule has 0 saturated carbocycles. The summed E-state index contributed by atoms with van der Waals surface area (Å²) in [6.45, 7) is -2.13. The molecular formula is C21H20F9N5O6S. The number of halogens is 9. The maximum Gasteiger partial charge on any atom is 0.460 e. The van der Waals surface area contributed by atoms with Crippen LogP contribution in [-0.2, 0) is 16.6 Å². The summed E-state index contributed by atoms with van der Waals surface area (Å²) in [6.07, 6.45) is -5.91. The van der Waals surface area contributed by atoms with Crippen LogP contribution in [0, 0.1) is 10.1 Å². The third kappa shape index (κ3) is 5.38. The average molecular weight is 641 g/mol. The zero-order valence-corrected chi connectivity index (χ0v) is 21.7. The van der Waals surface area contributed by atoms with E-state index >= 15 is 0 Å². The molecule has 1 fully saturated rings. The maximum atomic E-state index is 14.1. The Morgan fingerprint density at radius 1 is 0.952 bits per heavy atom. The summed E-state index contributed by atoms with van der Waals surface area (Å²) in [5.74, 6) is -14.6. The van der Waals surface area contributed by atoms with Gasteiger partial charge in [-0.25, -0.2) is 8.42 Å². The third-order valence-electron chi connectivity index (χ3n) is 6.53. The van der Waals surface area contributed by atoms with Crippen molar-refractivity contribution >= 4 is 21.5 Å². The number of aromatic nitrogens is 2. The molecule has 0 N–H and O–H groups in total. The molecule has 0 amide bonds. The molecular weight excluding hydrogens is 621 g/mol. The lowest BCUT2D eigenvalue weighted by molar-refractivity contribution is -0.389. The molecule has 1 aromatic carbocycles. The van der Waals surface area contributed by atoms with E-state index in [1.165, 1.54) is 39.9 Å². The van der Waals surface area contributed by atoms with Gasteiger partial charge in [0.1, 0.15) is 24.7 Å². The monoisotopic (exact) mass is 641 g/mol. The quantitative estimate of drug-likeness (QED) is 0.230. The molecule has 0 aliphatic carbocycles. The van der Waals surface area contributed by atoms with Gasteiger partial charge in [-0.1, -0.05) is 0 Å². The van der Waals surface area contributed by atoms with Crippen LogP contribution in [0.3, 0.4) is 0 Å². The molecule has 21 heteroatoms. The fourth-order valence-electron chi connectivity index (χ4n) is 4.15. The molecule has 0 bridgehead atoms. The number of sulfonamides is 1. The van der Waals surface area contributed by atoms with Crippen molar-refractivity contribution in [1.82, 2.24) is 13.9 Å². The first kappa shape index (κ1) is 31.4. The Labute approximate surface area is 230 Å². The predicted octanol–water partition coefficient (Wildman–Crippen LogP) is 3.90. The van der Waals surface area contributed by atoms with Gasteiger partial charge in [0.25, 0.3) is 10.0 Å². The van der Waals surface area contributed by atoms with E-state index in [1.54, 1.807) is 0 Å². The topological polar surface area (TPSA) is 120 Å². The number of fused-ring (bicyclic) bond motifs is 1. The Hall–Kier alpha value is -3.49. The zero-order chi connectivity index (χ0) is 31.3. The summed E-state index contributed by atoms with van der Waals surface area (Å²) in [4.78, 5) is 15.4. The highest BCUT2D eigenvalue weighted by molar-refractivity contribution is 7.90. The van der Waals surface area contributed by atoms with Crippen LogP contribution >= 0.6 is 0 Å². The number of benzene rings is 1. The second kappa shape index (κ2) is 10.7. The van der Waals surface area contributed by atoms with Gasteiger partial charge in [-0.2, -0.15) is 43.8 Å². The molecule has 1 unspecified atom stereocenters. The van der Waals surface area contributed by atoms with Crippen molar-refractivity contribution in [2.24, 2.45) is 0 Å². The molecule has 1 atom stereocenters. The second-order valence-corrected chi connectivity index (χ2v) is 11.2. The van der Waals surface area contributed by atoms with Crippen LogP contribution in [0.4, 0.5) is 51.0 Å². The van der Waals surface area contributed by atoms with Gasteiger partial charge in [0, 0.05) is 49.8 Å². The lowest BCUT2D eigenvalue weighted by atomic mass is 10.1. The van der Waals surface area contributed by atoms with Crippen LogP contribution < -0.4 is 14.4 Å². The molecule has 3 heterocycles. The summed E-state index contributed by atoms with van der Waals surface area (Å²) in [5, 5.41) is 4.08. The minimum atomic E-state index is -7.33. The van der Waals surface area contributed by atoms with Crippen molar-refractivity contribution in [2.45, 2.75) is 42.3 Å². The predicted molar refractivity (Wildman–Crippen MR) is 123 cm³/mol. The highest BCUT2D eigenvalue weighted by Gasteiger charge is 2.85. The largest absolute Gasteiger partial charge is 0.490 e.